The number of nitrogens with zero attached hydrogens (tertiary/aromatic N) is 1. The highest BCUT2D eigenvalue weighted by Crippen LogP contribution is 2.33. The molecule has 0 saturated carbocycles. The van der Waals surface area contributed by atoms with Gasteiger partial charge in [0.15, 0.2) is 11.6 Å². The van der Waals surface area contributed by atoms with Gasteiger partial charge in [0, 0.05) is 18.6 Å². The minimum Gasteiger partial charge on any atom is -0.490 e. The summed E-state index contributed by atoms with van der Waals surface area (Å²) in [6.07, 6.45) is 11.0. The third-order valence-electron chi connectivity index (χ3n) is 4.34. The van der Waals surface area contributed by atoms with Crippen molar-refractivity contribution in [1.82, 2.24) is 9.88 Å². The Morgan fingerprint density at radius 2 is 2.04 bits per heavy atom. The Labute approximate surface area is 147 Å². The van der Waals surface area contributed by atoms with Crippen molar-refractivity contribution in [3.8, 4) is 5.75 Å². The Bertz CT molecular complexity index is 793. The standard InChI is InChI=1S/C20H25FN2O2/c1-22-11-10-15-14-23(2)18-9-8-17(21)20(19(15)18)25-13-12-24-16-6-4-3-5-7-16/h4,6-9,14,22H,3,5,10-13H2,1-2H3. The van der Waals surface area contributed by atoms with E-state index in [1.54, 1.807) is 6.07 Å². The number of likely N-dealkylation sites (N-methyl/N-ethyl adjacent to an activating group) is 1. The molecule has 4 nitrogen and oxygen atoms in total. The van der Waals surface area contributed by atoms with Crippen LogP contribution in [0.4, 0.5) is 4.39 Å². The topological polar surface area (TPSA) is 35.4 Å². The molecule has 134 valence electrons. The summed E-state index contributed by atoms with van der Waals surface area (Å²) >= 11 is 0. The van der Waals surface area contributed by atoms with Gasteiger partial charge in [0.05, 0.1) is 5.52 Å². The number of halogens is 1. The Morgan fingerprint density at radius 3 is 2.80 bits per heavy atom. The number of benzene rings is 1. The maximum Gasteiger partial charge on any atom is 0.165 e. The molecule has 3 rings (SSSR count). The van der Waals surface area contributed by atoms with Crippen LogP contribution in [0.3, 0.4) is 0 Å². The number of rotatable bonds is 8. The molecule has 0 unspecified atom stereocenters. The molecule has 25 heavy (non-hydrogen) atoms. The number of hydrogen-bond acceptors (Lipinski definition) is 3. The molecule has 1 aliphatic rings. The van der Waals surface area contributed by atoms with Crippen LogP contribution in [0.1, 0.15) is 18.4 Å². The van der Waals surface area contributed by atoms with Gasteiger partial charge in [0.25, 0.3) is 0 Å². The van der Waals surface area contributed by atoms with Crippen LogP contribution >= 0.6 is 0 Å². The molecule has 1 N–H and O–H groups in total. The van der Waals surface area contributed by atoms with Crippen LogP contribution in [0.15, 0.2) is 42.3 Å². The first-order valence-electron chi connectivity index (χ1n) is 8.74. The fourth-order valence-electron chi connectivity index (χ4n) is 3.11. The van der Waals surface area contributed by atoms with Crippen molar-refractivity contribution in [2.24, 2.45) is 7.05 Å². The van der Waals surface area contributed by atoms with Gasteiger partial charge < -0.3 is 19.4 Å². The van der Waals surface area contributed by atoms with E-state index in [1.807, 2.05) is 30.9 Å². The van der Waals surface area contributed by atoms with E-state index in [-0.39, 0.29) is 5.82 Å². The Kier molecular flexibility index (Phi) is 5.76. The van der Waals surface area contributed by atoms with E-state index < -0.39 is 0 Å². The van der Waals surface area contributed by atoms with Crippen LogP contribution in [0.5, 0.6) is 5.75 Å². The number of aryl methyl sites for hydroxylation is 1. The molecule has 0 saturated heterocycles. The zero-order chi connectivity index (χ0) is 17.6. The van der Waals surface area contributed by atoms with Gasteiger partial charge in [-0.15, -0.1) is 0 Å². The van der Waals surface area contributed by atoms with E-state index in [1.165, 1.54) is 6.07 Å². The highest BCUT2D eigenvalue weighted by Gasteiger charge is 2.16. The van der Waals surface area contributed by atoms with E-state index in [0.29, 0.717) is 19.0 Å². The number of aromatic nitrogens is 1. The normalized spacial score (nSPS) is 14.0. The predicted molar refractivity (Wildman–Crippen MR) is 98.4 cm³/mol. The Morgan fingerprint density at radius 1 is 1.20 bits per heavy atom. The van der Waals surface area contributed by atoms with Crippen molar-refractivity contribution in [3.05, 3.63) is 53.7 Å². The summed E-state index contributed by atoms with van der Waals surface area (Å²) in [6, 6.07) is 3.27. The number of nitrogens with one attached hydrogen (secondary N) is 1. The molecule has 1 aromatic carbocycles. The zero-order valence-corrected chi connectivity index (χ0v) is 14.8. The Hall–Kier alpha value is -2.27. The second kappa shape index (κ2) is 8.21. The fraction of sp³-hybridized carbons (Fsp3) is 0.400. The third-order valence-corrected chi connectivity index (χ3v) is 4.34. The second-order valence-electron chi connectivity index (χ2n) is 6.17. The van der Waals surface area contributed by atoms with E-state index in [0.717, 1.165) is 48.0 Å². The van der Waals surface area contributed by atoms with Crippen molar-refractivity contribution < 1.29 is 13.9 Å². The average molecular weight is 344 g/mol. The first-order valence-corrected chi connectivity index (χ1v) is 8.74. The van der Waals surface area contributed by atoms with E-state index in [4.69, 9.17) is 9.47 Å². The lowest BCUT2D eigenvalue weighted by atomic mass is 10.1. The second-order valence-corrected chi connectivity index (χ2v) is 6.17. The molecule has 0 spiro atoms. The van der Waals surface area contributed by atoms with E-state index >= 15 is 0 Å². The van der Waals surface area contributed by atoms with Gasteiger partial charge in [0.2, 0.25) is 0 Å². The van der Waals surface area contributed by atoms with Gasteiger partial charge in [0.1, 0.15) is 19.0 Å². The third kappa shape index (κ3) is 4.04. The van der Waals surface area contributed by atoms with E-state index in [2.05, 4.69) is 17.5 Å². The van der Waals surface area contributed by atoms with Gasteiger partial charge in [-0.1, -0.05) is 6.08 Å². The molecule has 0 bridgehead atoms. The van der Waals surface area contributed by atoms with Crippen molar-refractivity contribution in [2.75, 3.05) is 26.8 Å². The number of allylic oxidation sites excluding steroid dienone is 3. The van der Waals surface area contributed by atoms with Crippen molar-refractivity contribution in [3.63, 3.8) is 0 Å². The maximum atomic E-state index is 14.4. The molecule has 0 atom stereocenters. The van der Waals surface area contributed by atoms with Gasteiger partial charge in [-0.2, -0.15) is 0 Å². The molecule has 0 fully saturated rings. The highest BCUT2D eigenvalue weighted by atomic mass is 19.1. The minimum absolute atomic E-state index is 0.307. The van der Waals surface area contributed by atoms with Crippen LogP contribution in [-0.2, 0) is 18.2 Å². The molecule has 1 aliphatic carbocycles. The van der Waals surface area contributed by atoms with Crippen LogP contribution in [-0.4, -0.2) is 31.4 Å². The van der Waals surface area contributed by atoms with Crippen LogP contribution in [0.25, 0.3) is 10.9 Å². The highest BCUT2D eigenvalue weighted by molar-refractivity contribution is 5.90. The zero-order valence-electron chi connectivity index (χ0n) is 14.8. The van der Waals surface area contributed by atoms with Gasteiger partial charge >= 0.3 is 0 Å². The predicted octanol–water partition coefficient (Wildman–Crippen LogP) is 3.71. The molecular formula is C20H25FN2O2. The van der Waals surface area contributed by atoms with Crippen LogP contribution in [0.2, 0.25) is 0 Å². The van der Waals surface area contributed by atoms with Crippen molar-refractivity contribution in [1.29, 1.82) is 0 Å². The molecule has 0 amide bonds. The summed E-state index contributed by atoms with van der Waals surface area (Å²) in [7, 11) is 3.88. The fourth-order valence-corrected chi connectivity index (χ4v) is 3.11. The largest absolute Gasteiger partial charge is 0.490 e. The molecule has 0 aliphatic heterocycles. The maximum absolute atomic E-state index is 14.4. The van der Waals surface area contributed by atoms with Crippen molar-refractivity contribution >= 4 is 10.9 Å². The summed E-state index contributed by atoms with van der Waals surface area (Å²) in [5.74, 6) is 0.852. The SMILES string of the molecule is CNCCc1cn(C)c2ccc(F)c(OCCOC3=CCCC=C3)c12. The summed E-state index contributed by atoms with van der Waals surface area (Å²) < 4.78 is 27.9. The van der Waals surface area contributed by atoms with Crippen molar-refractivity contribution in [2.45, 2.75) is 19.3 Å². The summed E-state index contributed by atoms with van der Waals surface area (Å²) in [5, 5.41) is 3.99. The van der Waals surface area contributed by atoms with Gasteiger partial charge in [-0.25, -0.2) is 4.39 Å². The molecule has 1 heterocycles. The smallest absolute Gasteiger partial charge is 0.165 e. The minimum atomic E-state index is -0.332. The molecule has 5 heteroatoms. The Balaban J connectivity index is 1.74. The van der Waals surface area contributed by atoms with Crippen LogP contribution < -0.4 is 10.1 Å². The first kappa shape index (κ1) is 17.5. The monoisotopic (exact) mass is 344 g/mol. The number of hydrogen-bond donors (Lipinski definition) is 1. The number of fused-ring (bicyclic) bond motifs is 1. The molecular weight excluding hydrogens is 319 g/mol. The summed E-state index contributed by atoms with van der Waals surface area (Å²) in [6.45, 7) is 1.53. The van der Waals surface area contributed by atoms with Crippen LogP contribution in [0, 0.1) is 5.82 Å². The summed E-state index contributed by atoms with van der Waals surface area (Å²) in [5.41, 5.74) is 2.06. The lowest BCUT2D eigenvalue weighted by Crippen LogP contribution is -2.11. The first-order chi connectivity index (χ1) is 12.2. The van der Waals surface area contributed by atoms with Gasteiger partial charge in [-0.3, -0.25) is 0 Å². The molecule has 0 radical (unpaired) electrons. The quantitative estimate of drug-likeness (QED) is 0.742. The van der Waals surface area contributed by atoms with Gasteiger partial charge in [-0.05, 0) is 62.7 Å². The number of ether oxygens (including phenoxy) is 2. The summed E-state index contributed by atoms with van der Waals surface area (Å²) in [4.78, 5) is 0. The lowest BCUT2D eigenvalue weighted by Gasteiger charge is -2.13. The molecule has 1 aromatic heterocycles. The van der Waals surface area contributed by atoms with E-state index in [9.17, 15) is 4.39 Å². The molecule has 2 aromatic rings. The lowest BCUT2D eigenvalue weighted by molar-refractivity contribution is 0.161. The average Bonchev–Trinajstić information content (AvgIpc) is 2.95.